The first kappa shape index (κ1) is 23.7. The molecule has 11 heteroatoms. The highest BCUT2D eigenvalue weighted by molar-refractivity contribution is 7.89. The summed E-state index contributed by atoms with van der Waals surface area (Å²) >= 11 is 0. The van der Waals surface area contributed by atoms with E-state index < -0.39 is 27.7 Å². The molecule has 0 bridgehead atoms. The van der Waals surface area contributed by atoms with E-state index >= 15 is 0 Å². The lowest BCUT2D eigenvalue weighted by molar-refractivity contribution is -0.138. The maximum atomic E-state index is 12.8. The molecule has 1 aromatic carbocycles. The van der Waals surface area contributed by atoms with Crippen LogP contribution in [0.5, 0.6) is 0 Å². The van der Waals surface area contributed by atoms with E-state index in [1.54, 1.807) is 0 Å². The monoisotopic (exact) mass is 430 g/mol. The number of carboxylic acid groups (broad SMARTS) is 1. The fourth-order valence-electron chi connectivity index (χ4n) is 3.05. The number of aliphatic carboxylic acids is 1. The molecule has 0 saturated carbocycles. The number of sulfonamides is 1. The van der Waals surface area contributed by atoms with Gasteiger partial charge in [-0.15, -0.1) is 12.4 Å². The minimum Gasteiger partial charge on any atom is -0.480 e. The van der Waals surface area contributed by atoms with Crippen LogP contribution in [0.3, 0.4) is 0 Å². The van der Waals surface area contributed by atoms with Gasteiger partial charge in [0, 0.05) is 13.1 Å². The summed E-state index contributed by atoms with van der Waals surface area (Å²) in [6.45, 7) is 2.00. The third kappa shape index (κ3) is 6.06. The molecule has 0 aromatic heterocycles. The largest absolute Gasteiger partial charge is 0.480 e. The predicted molar refractivity (Wildman–Crippen MR) is 95.4 cm³/mol. The Balaban J connectivity index is 0.00000364. The molecule has 1 fully saturated rings. The summed E-state index contributed by atoms with van der Waals surface area (Å²) < 4.78 is 65.2. The second-order valence-electron chi connectivity index (χ2n) is 6.37. The quantitative estimate of drug-likeness (QED) is 0.724. The number of rotatable bonds is 6. The summed E-state index contributed by atoms with van der Waals surface area (Å²) in [6.07, 6.45) is -3.16. The van der Waals surface area contributed by atoms with Gasteiger partial charge >= 0.3 is 12.1 Å². The zero-order chi connectivity index (χ0) is 19.5. The Morgan fingerprint density at radius 2 is 2.04 bits per heavy atom. The molecule has 0 amide bonds. The molecule has 0 radical (unpaired) electrons. The highest BCUT2D eigenvalue weighted by Crippen LogP contribution is 2.32. The van der Waals surface area contributed by atoms with E-state index in [9.17, 15) is 26.4 Å². The number of carbonyl (C=O) groups is 1. The number of alkyl halides is 3. The van der Waals surface area contributed by atoms with Gasteiger partial charge < -0.3 is 10.4 Å². The van der Waals surface area contributed by atoms with E-state index in [-0.39, 0.29) is 48.4 Å². The second kappa shape index (κ2) is 9.22. The molecule has 6 nitrogen and oxygen atoms in total. The lowest BCUT2D eigenvalue weighted by atomic mass is 10.00. The molecule has 1 saturated heterocycles. The van der Waals surface area contributed by atoms with E-state index in [4.69, 9.17) is 5.11 Å². The van der Waals surface area contributed by atoms with Crippen molar-refractivity contribution in [2.24, 2.45) is 5.92 Å². The molecule has 0 aliphatic carbocycles. The van der Waals surface area contributed by atoms with Crippen LogP contribution in [0.4, 0.5) is 13.2 Å². The Morgan fingerprint density at radius 3 is 2.59 bits per heavy atom. The normalized spacial score (nSPS) is 18.7. The van der Waals surface area contributed by atoms with Crippen molar-refractivity contribution in [1.29, 1.82) is 0 Å². The van der Waals surface area contributed by atoms with Crippen molar-refractivity contribution in [3.63, 3.8) is 0 Å². The van der Waals surface area contributed by atoms with Gasteiger partial charge in [-0.25, -0.2) is 8.42 Å². The van der Waals surface area contributed by atoms with Crippen molar-refractivity contribution in [2.45, 2.75) is 30.8 Å². The summed E-state index contributed by atoms with van der Waals surface area (Å²) in [4.78, 5) is 10.4. The molecule has 0 spiro atoms. The number of nitrogens with zero attached hydrogens (tertiary/aromatic N) is 1. The number of aryl methyl sites for hydroxylation is 1. The van der Waals surface area contributed by atoms with Gasteiger partial charge in [-0.2, -0.15) is 17.5 Å². The third-order valence-electron chi connectivity index (χ3n) is 4.31. The molecule has 2 N–H and O–H groups in total. The van der Waals surface area contributed by atoms with E-state index in [1.165, 1.54) is 11.2 Å². The minimum atomic E-state index is -4.53. The Morgan fingerprint density at radius 1 is 1.37 bits per heavy atom. The zero-order valence-corrected chi connectivity index (χ0v) is 16.3. The number of benzene rings is 1. The van der Waals surface area contributed by atoms with E-state index in [2.05, 4.69) is 5.32 Å². The smallest absolute Gasteiger partial charge is 0.416 e. The molecule has 1 aromatic rings. The second-order valence-corrected chi connectivity index (χ2v) is 8.28. The lowest BCUT2D eigenvalue weighted by Crippen LogP contribution is -2.43. The summed E-state index contributed by atoms with van der Waals surface area (Å²) in [5.41, 5.74) is -0.839. The number of hydrogen-bond acceptors (Lipinski definition) is 4. The van der Waals surface area contributed by atoms with Crippen LogP contribution in [0, 0.1) is 12.8 Å². The molecule has 154 valence electrons. The average Bonchev–Trinajstić information content (AvgIpc) is 2.53. The Bertz CT molecular complexity index is 771. The molecule has 1 aliphatic heterocycles. The van der Waals surface area contributed by atoms with Crippen LogP contribution in [-0.4, -0.2) is 50.0 Å². The van der Waals surface area contributed by atoms with Crippen LogP contribution in [-0.2, 0) is 21.0 Å². The summed E-state index contributed by atoms with van der Waals surface area (Å²) in [6, 6.07) is 2.61. The Kier molecular flexibility index (Phi) is 8.09. The number of carboxylic acids is 1. The fraction of sp³-hybridized carbons (Fsp3) is 0.562. The Labute approximate surface area is 162 Å². The molecular formula is C16H22ClF3N2O4S. The van der Waals surface area contributed by atoms with Gasteiger partial charge in [0.25, 0.3) is 0 Å². The fourth-order valence-corrected chi connectivity index (χ4v) is 4.81. The molecular weight excluding hydrogens is 409 g/mol. The zero-order valence-electron chi connectivity index (χ0n) is 14.6. The van der Waals surface area contributed by atoms with Crippen LogP contribution in [0.15, 0.2) is 23.1 Å². The minimum absolute atomic E-state index is 0. The molecule has 1 aliphatic rings. The predicted octanol–water partition coefficient (Wildman–Crippen LogP) is 2.51. The molecule has 1 atom stereocenters. The lowest BCUT2D eigenvalue weighted by Gasteiger charge is -2.32. The van der Waals surface area contributed by atoms with Gasteiger partial charge in [-0.1, -0.05) is 0 Å². The highest BCUT2D eigenvalue weighted by atomic mass is 35.5. The number of hydrogen-bond donors (Lipinski definition) is 2. The number of piperidine rings is 1. The highest BCUT2D eigenvalue weighted by Gasteiger charge is 2.34. The number of halogens is 4. The first-order valence-electron chi connectivity index (χ1n) is 8.12. The van der Waals surface area contributed by atoms with E-state index in [0.29, 0.717) is 13.0 Å². The van der Waals surface area contributed by atoms with Gasteiger partial charge in [0.1, 0.15) is 0 Å². The van der Waals surface area contributed by atoms with Gasteiger partial charge in [0.2, 0.25) is 10.0 Å². The number of nitrogens with one attached hydrogen (secondary N) is 1. The van der Waals surface area contributed by atoms with Gasteiger partial charge in [-0.3, -0.25) is 4.79 Å². The van der Waals surface area contributed by atoms with Crippen molar-refractivity contribution in [3.05, 3.63) is 29.3 Å². The first-order chi connectivity index (χ1) is 12.0. The Hall–Kier alpha value is -1.36. The average molecular weight is 431 g/mol. The maximum Gasteiger partial charge on any atom is 0.416 e. The van der Waals surface area contributed by atoms with Crippen LogP contribution in [0.1, 0.15) is 24.0 Å². The van der Waals surface area contributed by atoms with Crippen LogP contribution in [0.25, 0.3) is 0 Å². The molecule has 1 unspecified atom stereocenters. The van der Waals surface area contributed by atoms with Crippen molar-refractivity contribution in [3.8, 4) is 0 Å². The molecule has 1 heterocycles. The van der Waals surface area contributed by atoms with Crippen molar-refractivity contribution in [1.82, 2.24) is 9.62 Å². The SMILES string of the molecule is Cc1cc(C(F)(F)F)ccc1S(=O)(=O)N1CCCC(CNCC(=O)O)C1.Cl. The van der Waals surface area contributed by atoms with Crippen LogP contribution >= 0.6 is 12.4 Å². The van der Waals surface area contributed by atoms with Crippen molar-refractivity contribution in [2.75, 3.05) is 26.2 Å². The van der Waals surface area contributed by atoms with Crippen LogP contribution < -0.4 is 5.32 Å². The topological polar surface area (TPSA) is 86.7 Å². The molecule has 2 rings (SSSR count). The van der Waals surface area contributed by atoms with Gasteiger partial charge in [-0.05, 0) is 56.0 Å². The summed E-state index contributed by atoms with van der Waals surface area (Å²) in [5, 5.41) is 11.4. The van der Waals surface area contributed by atoms with E-state index in [1.807, 2.05) is 0 Å². The first-order valence-corrected chi connectivity index (χ1v) is 9.56. The summed E-state index contributed by atoms with van der Waals surface area (Å²) in [5.74, 6) is -1.04. The third-order valence-corrected chi connectivity index (χ3v) is 6.34. The van der Waals surface area contributed by atoms with Gasteiger partial charge in [0.05, 0.1) is 17.0 Å². The van der Waals surface area contributed by atoms with Crippen LogP contribution in [0.2, 0.25) is 0 Å². The van der Waals surface area contributed by atoms with E-state index in [0.717, 1.165) is 24.6 Å². The van der Waals surface area contributed by atoms with Crippen molar-refractivity contribution < 1.29 is 31.5 Å². The van der Waals surface area contributed by atoms with Crippen molar-refractivity contribution >= 4 is 28.4 Å². The maximum absolute atomic E-state index is 12.8. The standard InChI is InChI=1S/C16H21F3N2O4S.ClH/c1-11-7-13(16(17,18)19)4-5-14(11)26(24,25)21-6-2-3-12(10-21)8-20-9-15(22)23;/h4-5,7,12,20H,2-3,6,8-10H2,1H3,(H,22,23);1H. The summed E-state index contributed by atoms with van der Waals surface area (Å²) in [7, 11) is -3.91. The van der Waals surface area contributed by atoms with Gasteiger partial charge in [0.15, 0.2) is 0 Å². The molecule has 27 heavy (non-hydrogen) atoms.